The van der Waals surface area contributed by atoms with Crippen LogP contribution < -0.4 is 11.5 Å². The molecule has 3 nitrogen and oxygen atoms in total. The second-order valence-corrected chi connectivity index (χ2v) is 2.83. The Balaban J connectivity index is 3.01. The van der Waals surface area contributed by atoms with E-state index in [-0.39, 0.29) is 11.8 Å². The Morgan fingerprint density at radius 3 is 2.67 bits per heavy atom. The average Bonchev–Trinajstić information content (AvgIpc) is 2.03. The summed E-state index contributed by atoms with van der Waals surface area (Å²) in [5.41, 5.74) is 12.9. The zero-order valence-electron chi connectivity index (χ0n) is 7.12. The maximum Gasteiger partial charge on any atom is 0.117 e. The summed E-state index contributed by atoms with van der Waals surface area (Å²) in [6.07, 6.45) is 0.842. The first-order valence-corrected chi connectivity index (χ1v) is 3.99. The Labute approximate surface area is 72.0 Å². The number of nitrogens with two attached hydrogens (primary N) is 2. The van der Waals surface area contributed by atoms with Crippen molar-refractivity contribution in [1.82, 2.24) is 0 Å². The van der Waals surface area contributed by atoms with Crippen molar-refractivity contribution in [3.8, 4) is 5.75 Å². The smallest absolute Gasteiger partial charge is 0.117 e. The van der Waals surface area contributed by atoms with Crippen molar-refractivity contribution >= 4 is 5.69 Å². The number of benzene rings is 1. The second-order valence-electron chi connectivity index (χ2n) is 2.83. The third kappa shape index (κ3) is 1.68. The van der Waals surface area contributed by atoms with Gasteiger partial charge in [-0.25, -0.2) is 0 Å². The van der Waals surface area contributed by atoms with Crippen LogP contribution in [0.5, 0.6) is 5.75 Å². The molecule has 5 N–H and O–H groups in total. The SMILES string of the molecule is CCC(N)c1ccc(O)cc1N. The zero-order chi connectivity index (χ0) is 9.14. The van der Waals surface area contributed by atoms with Crippen molar-refractivity contribution in [2.24, 2.45) is 5.73 Å². The van der Waals surface area contributed by atoms with E-state index in [1.54, 1.807) is 12.1 Å². The first-order valence-electron chi connectivity index (χ1n) is 3.99. The van der Waals surface area contributed by atoms with Crippen molar-refractivity contribution in [3.05, 3.63) is 23.8 Å². The first-order chi connectivity index (χ1) is 5.65. The molecule has 0 bridgehead atoms. The minimum Gasteiger partial charge on any atom is -0.508 e. The van der Waals surface area contributed by atoms with Gasteiger partial charge >= 0.3 is 0 Å². The van der Waals surface area contributed by atoms with Crippen LogP contribution in [-0.4, -0.2) is 5.11 Å². The van der Waals surface area contributed by atoms with Crippen molar-refractivity contribution < 1.29 is 5.11 Å². The lowest BCUT2D eigenvalue weighted by Gasteiger charge is -2.11. The fourth-order valence-corrected chi connectivity index (χ4v) is 1.12. The van der Waals surface area contributed by atoms with Gasteiger partial charge in [-0.1, -0.05) is 13.0 Å². The predicted molar refractivity (Wildman–Crippen MR) is 49.7 cm³/mol. The van der Waals surface area contributed by atoms with Gasteiger partial charge in [-0.05, 0) is 18.1 Å². The molecule has 1 unspecified atom stereocenters. The van der Waals surface area contributed by atoms with Crippen LogP contribution in [0.1, 0.15) is 24.9 Å². The van der Waals surface area contributed by atoms with E-state index in [0.29, 0.717) is 5.69 Å². The molecule has 0 amide bonds. The molecule has 1 atom stereocenters. The van der Waals surface area contributed by atoms with Crippen molar-refractivity contribution in [1.29, 1.82) is 0 Å². The average molecular weight is 166 g/mol. The van der Waals surface area contributed by atoms with E-state index in [9.17, 15) is 0 Å². The maximum atomic E-state index is 9.07. The molecule has 1 rings (SSSR count). The van der Waals surface area contributed by atoms with Gasteiger partial charge in [-0.2, -0.15) is 0 Å². The molecule has 0 saturated heterocycles. The number of hydrogen-bond acceptors (Lipinski definition) is 3. The van der Waals surface area contributed by atoms with Crippen LogP contribution in [0.25, 0.3) is 0 Å². The summed E-state index contributed by atoms with van der Waals surface area (Å²) in [5, 5.41) is 9.07. The molecule has 0 aliphatic heterocycles. The van der Waals surface area contributed by atoms with Crippen LogP contribution in [0.3, 0.4) is 0 Å². The highest BCUT2D eigenvalue weighted by atomic mass is 16.3. The van der Waals surface area contributed by atoms with E-state index in [0.717, 1.165) is 12.0 Å². The van der Waals surface area contributed by atoms with Crippen LogP contribution in [0.2, 0.25) is 0 Å². The first kappa shape index (κ1) is 8.87. The van der Waals surface area contributed by atoms with E-state index in [4.69, 9.17) is 16.6 Å². The molecule has 0 fully saturated rings. The number of phenolic OH excluding ortho intramolecular Hbond substituents is 1. The summed E-state index contributed by atoms with van der Waals surface area (Å²) in [4.78, 5) is 0. The number of hydrogen-bond donors (Lipinski definition) is 3. The molecule has 0 aliphatic carbocycles. The molecule has 0 aliphatic rings. The molecule has 0 aromatic heterocycles. The topological polar surface area (TPSA) is 72.3 Å². The summed E-state index contributed by atoms with van der Waals surface area (Å²) in [6, 6.07) is 4.84. The molecule has 0 saturated carbocycles. The number of aromatic hydroxyl groups is 1. The summed E-state index contributed by atoms with van der Waals surface area (Å²) < 4.78 is 0. The third-order valence-corrected chi connectivity index (χ3v) is 1.91. The van der Waals surface area contributed by atoms with E-state index in [1.807, 2.05) is 6.92 Å². The molecule has 3 heteroatoms. The molecule has 0 radical (unpaired) electrons. The van der Waals surface area contributed by atoms with Gasteiger partial charge in [0.1, 0.15) is 5.75 Å². The van der Waals surface area contributed by atoms with Crippen LogP contribution >= 0.6 is 0 Å². The highest BCUT2D eigenvalue weighted by molar-refractivity contribution is 5.52. The largest absolute Gasteiger partial charge is 0.508 e. The Kier molecular flexibility index (Phi) is 2.55. The van der Waals surface area contributed by atoms with Gasteiger partial charge in [0.05, 0.1) is 0 Å². The highest BCUT2D eigenvalue weighted by Crippen LogP contribution is 2.24. The summed E-state index contributed by atoms with van der Waals surface area (Å²) in [5.74, 6) is 0.180. The number of anilines is 1. The van der Waals surface area contributed by atoms with Gasteiger partial charge in [-0.15, -0.1) is 0 Å². The Hall–Kier alpha value is -1.22. The third-order valence-electron chi connectivity index (χ3n) is 1.91. The van der Waals surface area contributed by atoms with E-state index in [2.05, 4.69) is 0 Å². The monoisotopic (exact) mass is 166 g/mol. The van der Waals surface area contributed by atoms with Crippen molar-refractivity contribution in [3.63, 3.8) is 0 Å². The van der Waals surface area contributed by atoms with Crippen molar-refractivity contribution in [2.75, 3.05) is 5.73 Å². The Morgan fingerprint density at radius 1 is 1.50 bits per heavy atom. The van der Waals surface area contributed by atoms with Gasteiger partial charge < -0.3 is 16.6 Å². The molecule has 12 heavy (non-hydrogen) atoms. The van der Waals surface area contributed by atoms with Gasteiger partial charge in [0.25, 0.3) is 0 Å². The highest BCUT2D eigenvalue weighted by Gasteiger charge is 2.06. The fourth-order valence-electron chi connectivity index (χ4n) is 1.12. The minimum absolute atomic E-state index is 0.0365. The molecular weight excluding hydrogens is 152 g/mol. The van der Waals surface area contributed by atoms with E-state index < -0.39 is 0 Å². The second kappa shape index (κ2) is 3.45. The standard InChI is InChI=1S/C9H14N2O/c1-2-8(10)7-4-3-6(12)5-9(7)11/h3-5,8,12H,2,10-11H2,1H3. The number of phenols is 1. The summed E-state index contributed by atoms with van der Waals surface area (Å²) in [7, 11) is 0. The normalized spacial score (nSPS) is 12.8. The lowest BCUT2D eigenvalue weighted by Crippen LogP contribution is -2.10. The fraction of sp³-hybridized carbons (Fsp3) is 0.333. The van der Waals surface area contributed by atoms with Crippen LogP contribution in [-0.2, 0) is 0 Å². The Morgan fingerprint density at radius 2 is 2.17 bits per heavy atom. The molecular formula is C9H14N2O. The van der Waals surface area contributed by atoms with Gasteiger partial charge in [0, 0.05) is 17.8 Å². The van der Waals surface area contributed by atoms with Crippen molar-refractivity contribution in [2.45, 2.75) is 19.4 Å². The predicted octanol–water partition coefficient (Wildman–Crippen LogP) is 1.38. The quantitative estimate of drug-likeness (QED) is 0.581. The van der Waals surface area contributed by atoms with E-state index >= 15 is 0 Å². The minimum atomic E-state index is -0.0365. The van der Waals surface area contributed by atoms with Gasteiger partial charge in [0.2, 0.25) is 0 Å². The van der Waals surface area contributed by atoms with E-state index in [1.165, 1.54) is 6.07 Å². The maximum absolute atomic E-state index is 9.07. The van der Waals surface area contributed by atoms with Gasteiger partial charge in [-0.3, -0.25) is 0 Å². The van der Waals surface area contributed by atoms with Crippen LogP contribution in [0, 0.1) is 0 Å². The molecule has 0 heterocycles. The summed E-state index contributed by atoms with van der Waals surface area (Å²) in [6.45, 7) is 2.00. The summed E-state index contributed by atoms with van der Waals surface area (Å²) >= 11 is 0. The lowest BCUT2D eigenvalue weighted by molar-refractivity contribution is 0.475. The van der Waals surface area contributed by atoms with Crippen LogP contribution in [0.15, 0.2) is 18.2 Å². The molecule has 0 spiro atoms. The molecule has 66 valence electrons. The number of rotatable bonds is 2. The Bertz CT molecular complexity index is 273. The lowest BCUT2D eigenvalue weighted by atomic mass is 10.0. The molecule has 1 aromatic rings. The van der Waals surface area contributed by atoms with Crippen LogP contribution in [0.4, 0.5) is 5.69 Å². The zero-order valence-corrected chi connectivity index (χ0v) is 7.12. The number of nitrogen functional groups attached to an aromatic ring is 1. The van der Waals surface area contributed by atoms with Gasteiger partial charge in [0.15, 0.2) is 0 Å². The molecule has 1 aromatic carbocycles.